The quantitative estimate of drug-likeness (QED) is 0.723. The molecule has 28 heavy (non-hydrogen) atoms. The molecule has 0 aliphatic carbocycles. The molecule has 144 valence electrons. The van der Waals surface area contributed by atoms with E-state index in [1.54, 1.807) is 48.2 Å². The van der Waals surface area contributed by atoms with Crippen LogP contribution in [0.1, 0.15) is 25.6 Å². The summed E-state index contributed by atoms with van der Waals surface area (Å²) in [6.45, 7) is 3.92. The van der Waals surface area contributed by atoms with E-state index in [9.17, 15) is 14.0 Å². The van der Waals surface area contributed by atoms with E-state index in [2.05, 4.69) is 5.32 Å². The molecular weight excluding hydrogens is 379 g/mol. The van der Waals surface area contributed by atoms with Crippen molar-refractivity contribution < 1.29 is 18.7 Å². The number of halogens is 1. The van der Waals surface area contributed by atoms with Gasteiger partial charge >= 0.3 is 0 Å². The number of aryl methyl sites for hydroxylation is 1. The number of carbonyl (C=O) groups is 2. The zero-order chi connectivity index (χ0) is 19.7. The Kier molecular flexibility index (Phi) is 5.11. The molecule has 1 fully saturated rings. The van der Waals surface area contributed by atoms with Gasteiger partial charge in [0.25, 0.3) is 11.8 Å². The van der Waals surface area contributed by atoms with Crippen LogP contribution in [0.5, 0.6) is 0 Å². The molecule has 0 saturated carbocycles. The number of nitrogens with one attached hydrogen (secondary N) is 1. The van der Waals surface area contributed by atoms with Crippen molar-refractivity contribution in [3.05, 3.63) is 64.3 Å². The highest BCUT2D eigenvalue weighted by molar-refractivity contribution is 7.21. The molecule has 4 rings (SSSR count). The van der Waals surface area contributed by atoms with Crippen molar-refractivity contribution in [2.24, 2.45) is 0 Å². The van der Waals surface area contributed by atoms with E-state index >= 15 is 0 Å². The predicted molar refractivity (Wildman–Crippen MR) is 108 cm³/mol. The summed E-state index contributed by atoms with van der Waals surface area (Å²) in [5.41, 5.74) is 1.66. The first kappa shape index (κ1) is 18.6. The lowest BCUT2D eigenvalue weighted by molar-refractivity contribution is 0.0303. The second-order valence-electron chi connectivity index (χ2n) is 6.61. The number of morpholine rings is 1. The highest BCUT2D eigenvalue weighted by atomic mass is 32.1. The number of hydrogen-bond donors (Lipinski definition) is 1. The fourth-order valence-corrected chi connectivity index (χ4v) is 4.45. The van der Waals surface area contributed by atoms with Gasteiger partial charge in [0.05, 0.1) is 18.1 Å². The second-order valence-corrected chi connectivity index (χ2v) is 7.66. The van der Waals surface area contributed by atoms with Gasteiger partial charge in [0.1, 0.15) is 5.82 Å². The van der Waals surface area contributed by atoms with Crippen LogP contribution in [0.15, 0.2) is 42.5 Å². The smallest absolute Gasteiger partial charge is 0.266 e. The molecule has 2 aromatic carbocycles. The van der Waals surface area contributed by atoms with Gasteiger partial charge in [-0.3, -0.25) is 9.59 Å². The predicted octanol–water partition coefficient (Wildman–Crippen LogP) is 4.07. The molecule has 0 bridgehead atoms. The van der Waals surface area contributed by atoms with Gasteiger partial charge in [0.2, 0.25) is 0 Å². The fourth-order valence-electron chi connectivity index (χ4n) is 3.34. The van der Waals surface area contributed by atoms with Crippen LogP contribution in [0.2, 0.25) is 0 Å². The maximum absolute atomic E-state index is 14.1. The van der Waals surface area contributed by atoms with E-state index < -0.39 is 0 Å². The van der Waals surface area contributed by atoms with Gasteiger partial charge in [0, 0.05) is 34.4 Å². The molecule has 3 aromatic rings. The number of nitrogens with zero attached hydrogens (tertiary/aromatic N) is 1. The van der Waals surface area contributed by atoms with Crippen LogP contribution in [0.3, 0.4) is 0 Å². The number of ether oxygens (including phenoxy) is 1. The molecule has 1 aromatic heterocycles. The van der Waals surface area contributed by atoms with Gasteiger partial charge in [-0.2, -0.15) is 0 Å². The average Bonchev–Trinajstić information content (AvgIpc) is 3.06. The summed E-state index contributed by atoms with van der Waals surface area (Å²) in [5.74, 6) is -0.725. The van der Waals surface area contributed by atoms with E-state index in [-0.39, 0.29) is 17.6 Å². The normalized spacial score (nSPS) is 14.3. The minimum atomic E-state index is -0.330. The molecule has 2 heterocycles. The molecule has 0 atom stereocenters. The van der Waals surface area contributed by atoms with Crippen molar-refractivity contribution in [2.45, 2.75) is 6.92 Å². The Hall–Kier alpha value is -2.77. The molecule has 0 spiro atoms. The third kappa shape index (κ3) is 3.50. The number of carbonyl (C=O) groups excluding carboxylic acids is 2. The molecule has 0 unspecified atom stereocenters. The van der Waals surface area contributed by atoms with E-state index in [0.29, 0.717) is 53.4 Å². The summed E-state index contributed by atoms with van der Waals surface area (Å²) in [5, 5.41) is 3.31. The SMILES string of the molecule is Cc1c(C(=O)Nc2cccc(C(=O)N3CCOCC3)c2)sc2cccc(F)c12. The summed E-state index contributed by atoms with van der Waals surface area (Å²) in [6.07, 6.45) is 0. The van der Waals surface area contributed by atoms with Crippen LogP contribution in [0.25, 0.3) is 10.1 Å². The topological polar surface area (TPSA) is 58.6 Å². The van der Waals surface area contributed by atoms with Crippen LogP contribution in [0.4, 0.5) is 10.1 Å². The highest BCUT2D eigenvalue weighted by Crippen LogP contribution is 2.33. The molecule has 1 saturated heterocycles. The fraction of sp³-hybridized carbons (Fsp3) is 0.238. The lowest BCUT2D eigenvalue weighted by atomic mass is 10.1. The third-order valence-corrected chi connectivity index (χ3v) is 6.03. The molecule has 5 nitrogen and oxygen atoms in total. The summed E-state index contributed by atoms with van der Waals surface area (Å²) >= 11 is 1.26. The van der Waals surface area contributed by atoms with Gasteiger partial charge < -0.3 is 15.0 Å². The summed E-state index contributed by atoms with van der Waals surface area (Å²) in [7, 11) is 0. The molecule has 1 N–H and O–H groups in total. The number of rotatable bonds is 3. The summed E-state index contributed by atoms with van der Waals surface area (Å²) in [6, 6.07) is 11.7. The maximum atomic E-state index is 14.1. The number of anilines is 1. The number of benzene rings is 2. The van der Waals surface area contributed by atoms with Gasteiger partial charge in [-0.1, -0.05) is 12.1 Å². The Morgan fingerprint density at radius 2 is 1.89 bits per heavy atom. The molecule has 7 heteroatoms. The van der Waals surface area contributed by atoms with Crippen molar-refractivity contribution in [3.8, 4) is 0 Å². The maximum Gasteiger partial charge on any atom is 0.266 e. The van der Waals surface area contributed by atoms with Gasteiger partial charge in [-0.25, -0.2) is 4.39 Å². The van der Waals surface area contributed by atoms with Crippen molar-refractivity contribution in [1.29, 1.82) is 0 Å². The Balaban J connectivity index is 1.56. The van der Waals surface area contributed by atoms with Crippen molar-refractivity contribution in [3.63, 3.8) is 0 Å². The Labute approximate surface area is 165 Å². The zero-order valence-electron chi connectivity index (χ0n) is 15.3. The second kappa shape index (κ2) is 7.69. The van der Waals surface area contributed by atoms with E-state index in [1.807, 2.05) is 0 Å². The van der Waals surface area contributed by atoms with Crippen molar-refractivity contribution in [2.75, 3.05) is 31.6 Å². The standard InChI is InChI=1S/C21H19FN2O3S/c1-13-18-16(22)6-3-7-17(18)28-19(13)20(25)23-15-5-2-4-14(12-15)21(26)24-8-10-27-11-9-24/h2-7,12H,8-11H2,1H3,(H,23,25). The number of fused-ring (bicyclic) bond motifs is 1. The molecule has 2 amide bonds. The van der Waals surface area contributed by atoms with E-state index in [1.165, 1.54) is 17.4 Å². The Bertz CT molecular complexity index is 1060. The van der Waals surface area contributed by atoms with Crippen LogP contribution in [0, 0.1) is 12.7 Å². The minimum Gasteiger partial charge on any atom is -0.378 e. The van der Waals surface area contributed by atoms with Crippen molar-refractivity contribution >= 4 is 38.9 Å². The Morgan fingerprint density at radius 3 is 2.64 bits per heavy atom. The third-order valence-electron chi connectivity index (χ3n) is 4.77. The first-order valence-corrected chi connectivity index (χ1v) is 9.82. The molecule has 0 radical (unpaired) electrons. The lowest BCUT2D eigenvalue weighted by Crippen LogP contribution is -2.40. The largest absolute Gasteiger partial charge is 0.378 e. The molecule has 1 aliphatic rings. The summed E-state index contributed by atoms with van der Waals surface area (Å²) in [4.78, 5) is 27.6. The number of amides is 2. The number of hydrogen-bond acceptors (Lipinski definition) is 4. The van der Waals surface area contributed by atoms with E-state index in [0.717, 1.165) is 4.70 Å². The highest BCUT2D eigenvalue weighted by Gasteiger charge is 2.20. The Morgan fingerprint density at radius 1 is 1.14 bits per heavy atom. The van der Waals surface area contributed by atoms with Crippen LogP contribution in [-0.2, 0) is 4.74 Å². The van der Waals surface area contributed by atoms with Crippen molar-refractivity contribution in [1.82, 2.24) is 4.90 Å². The van der Waals surface area contributed by atoms with Crippen LogP contribution >= 0.6 is 11.3 Å². The van der Waals surface area contributed by atoms with Gasteiger partial charge in [-0.05, 0) is 42.8 Å². The van der Waals surface area contributed by atoms with Crippen LogP contribution < -0.4 is 5.32 Å². The number of thiophene rings is 1. The lowest BCUT2D eigenvalue weighted by Gasteiger charge is -2.27. The van der Waals surface area contributed by atoms with Gasteiger partial charge in [-0.15, -0.1) is 11.3 Å². The van der Waals surface area contributed by atoms with E-state index in [4.69, 9.17) is 4.74 Å². The first-order chi connectivity index (χ1) is 13.5. The monoisotopic (exact) mass is 398 g/mol. The van der Waals surface area contributed by atoms with Crippen LogP contribution in [-0.4, -0.2) is 43.0 Å². The minimum absolute atomic E-state index is 0.0838. The average molecular weight is 398 g/mol. The summed E-state index contributed by atoms with van der Waals surface area (Å²) < 4.78 is 20.1. The first-order valence-electron chi connectivity index (χ1n) is 9.00. The molecular formula is C21H19FN2O3S. The molecule has 1 aliphatic heterocycles. The van der Waals surface area contributed by atoms with Gasteiger partial charge in [0.15, 0.2) is 0 Å². The zero-order valence-corrected chi connectivity index (χ0v) is 16.1.